The van der Waals surface area contributed by atoms with Gasteiger partial charge in [-0.15, -0.1) is 0 Å². The molecule has 5 heteroatoms. The number of ether oxygens (including phenoxy) is 3. The molecule has 0 amide bonds. The van der Waals surface area contributed by atoms with Crippen molar-refractivity contribution in [2.24, 2.45) is 0 Å². The third-order valence-corrected chi connectivity index (χ3v) is 2.95. The van der Waals surface area contributed by atoms with Crippen LogP contribution >= 0.6 is 0 Å². The maximum atomic E-state index is 11.6. The molecular formula is C13H10O5. The molecule has 0 bridgehead atoms. The van der Waals surface area contributed by atoms with Crippen molar-refractivity contribution in [2.45, 2.75) is 19.3 Å². The standard InChI is InChI=1S/C13H10O5/c1-7-12-8(10-6-16-11(5-14)18-10)3-2-4-9(12)13(15)17-7/h2-7,11H,1H3. The molecule has 0 fully saturated rings. The van der Waals surface area contributed by atoms with Crippen LogP contribution in [0, 0.1) is 0 Å². The summed E-state index contributed by atoms with van der Waals surface area (Å²) in [4.78, 5) is 22.2. The Bertz CT molecular complexity index is 561. The van der Waals surface area contributed by atoms with E-state index in [9.17, 15) is 9.59 Å². The van der Waals surface area contributed by atoms with Crippen molar-refractivity contribution in [3.63, 3.8) is 0 Å². The van der Waals surface area contributed by atoms with Crippen LogP contribution in [0.15, 0.2) is 24.5 Å². The van der Waals surface area contributed by atoms with E-state index in [0.29, 0.717) is 17.6 Å². The van der Waals surface area contributed by atoms with Gasteiger partial charge in [0.25, 0.3) is 6.29 Å². The normalized spacial score (nSPS) is 24.7. The van der Waals surface area contributed by atoms with Gasteiger partial charge in [-0.3, -0.25) is 4.79 Å². The summed E-state index contributed by atoms with van der Waals surface area (Å²) < 4.78 is 15.5. The van der Waals surface area contributed by atoms with Gasteiger partial charge in [-0.2, -0.15) is 0 Å². The van der Waals surface area contributed by atoms with Crippen LogP contribution in [0.3, 0.4) is 0 Å². The maximum Gasteiger partial charge on any atom is 0.339 e. The Balaban J connectivity index is 2.05. The molecule has 18 heavy (non-hydrogen) atoms. The first-order chi connectivity index (χ1) is 8.70. The summed E-state index contributed by atoms with van der Waals surface area (Å²) in [5, 5.41) is 0. The van der Waals surface area contributed by atoms with Gasteiger partial charge in [-0.05, 0) is 13.0 Å². The summed E-state index contributed by atoms with van der Waals surface area (Å²) in [6, 6.07) is 5.25. The van der Waals surface area contributed by atoms with E-state index in [0.717, 1.165) is 11.1 Å². The second kappa shape index (κ2) is 3.87. The molecule has 0 N–H and O–H groups in total. The number of cyclic esters (lactones) is 1. The fourth-order valence-electron chi connectivity index (χ4n) is 2.18. The molecule has 0 saturated carbocycles. The van der Waals surface area contributed by atoms with E-state index in [2.05, 4.69) is 0 Å². The number of rotatable bonds is 2. The monoisotopic (exact) mass is 246 g/mol. The largest absolute Gasteiger partial charge is 0.454 e. The number of carbonyl (C=O) groups is 2. The van der Waals surface area contributed by atoms with Gasteiger partial charge in [-0.25, -0.2) is 4.79 Å². The van der Waals surface area contributed by atoms with Crippen molar-refractivity contribution >= 4 is 18.0 Å². The third kappa shape index (κ3) is 1.48. The minimum atomic E-state index is -0.913. The Labute approximate surface area is 103 Å². The van der Waals surface area contributed by atoms with E-state index in [-0.39, 0.29) is 12.1 Å². The van der Waals surface area contributed by atoms with E-state index >= 15 is 0 Å². The first kappa shape index (κ1) is 10.8. The van der Waals surface area contributed by atoms with Crippen molar-refractivity contribution < 1.29 is 23.8 Å². The van der Waals surface area contributed by atoms with E-state index in [1.54, 1.807) is 25.1 Å². The molecule has 1 aromatic carbocycles. The summed E-state index contributed by atoms with van der Waals surface area (Å²) in [6.45, 7) is 1.79. The van der Waals surface area contributed by atoms with E-state index < -0.39 is 6.29 Å². The van der Waals surface area contributed by atoms with E-state index in [1.807, 2.05) is 0 Å². The van der Waals surface area contributed by atoms with Gasteiger partial charge in [0.15, 0.2) is 5.76 Å². The fourth-order valence-corrected chi connectivity index (χ4v) is 2.18. The average Bonchev–Trinajstić information content (AvgIpc) is 2.95. The quantitative estimate of drug-likeness (QED) is 0.588. The van der Waals surface area contributed by atoms with Crippen LogP contribution in [-0.2, 0) is 19.0 Å². The van der Waals surface area contributed by atoms with Crippen molar-refractivity contribution in [1.29, 1.82) is 0 Å². The topological polar surface area (TPSA) is 61.8 Å². The van der Waals surface area contributed by atoms with Crippen LogP contribution in [0.2, 0.25) is 0 Å². The third-order valence-electron chi connectivity index (χ3n) is 2.95. The van der Waals surface area contributed by atoms with Crippen LogP contribution in [0.1, 0.15) is 34.5 Å². The number of benzene rings is 1. The molecule has 2 heterocycles. The zero-order chi connectivity index (χ0) is 12.7. The van der Waals surface area contributed by atoms with Crippen LogP contribution < -0.4 is 0 Å². The maximum absolute atomic E-state index is 11.6. The molecule has 5 nitrogen and oxygen atoms in total. The first-order valence-corrected chi connectivity index (χ1v) is 5.52. The molecule has 1 aromatic rings. The lowest BCUT2D eigenvalue weighted by molar-refractivity contribution is -0.127. The highest BCUT2D eigenvalue weighted by atomic mass is 16.7. The predicted molar refractivity (Wildman–Crippen MR) is 60.3 cm³/mol. The second-order valence-electron chi connectivity index (χ2n) is 4.05. The zero-order valence-corrected chi connectivity index (χ0v) is 9.58. The fraction of sp³-hybridized carbons (Fsp3) is 0.231. The number of esters is 1. The van der Waals surface area contributed by atoms with Crippen LogP contribution in [0.25, 0.3) is 5.76 Å². The Morgan fingerprint density at radius 2 is 2.00 bits per heavy atom. The second-order valence-corrected chi connectivity index (χ2v) is 4.05. The van der Waals surface area contributed by atoms with Gasteiger partial charge in [0.2, 0.25) is 6.29 Å². The van der Waals surface area contributed by atoms with Gasteiger partial charge < -0.3 is 14.2 Å². The molecule has 0 spiro atoms. The minimum absolute atomic E-state index is 0.330. The van der Waals surface area contributed by atoms with Crippen molar-refractivity contribution in [3.8, 4) is 0 Å². The minimum Gasteiger partial charge on any atom is -0.454 e. The van der Waals surface area contributed by atoms with Gasteiger partial charge in [0.05, 0.1) is 5.56 Å². The van der Waals surface area contributed by atoms with Crippen LogP contribution in [-0.4, -0.2) is 18.5 Å². The smallest absolute Gasteiger partial charge is 0.339 e. The highest BCUT2D eigenvalue weighted by molar-refractivity contribution is 5.95. The van der Waals surface area contributed by atoms with Crippen molar-refractivity contribution in [3.05, 3.63) is 41.2 Å². The van der Waals surface area contributed by atoms with Crippen LogP contribution in [0.4, 0.5) is 0 Å². The number of fused-ring (bicyclic) bond motifs is 1. The molecule has 92 valence electrons. The Morgan fingerprint density at radius 1 is 1.22 bits per heavy atom. The Kier molecular flexibility index (Phi) is 2.33. The highest BCUT2D eigenvalue weighted by Crippen LogP contribution is 2.37. The van der Waals surface area contributed by atoms with E-state index in [1.165, 1.54) is 6.26 Å². The summed E-state index contributed by atoms with van der Waals surface area (Å²) >= 11 is 0. The van der Waals surface area contributed by atoms with Gasteiger partial charge in [-0.1, -0.05) is 12.1 Å². The molecule has 3 rings (SSSR count). The van der Waals surface area contributed by atoms with E-state index in [4.69, 9.17) is 14.2 Å². The Morgan fingerprint density at radius 3 is 2.72 bits per heavy atom. The molecule has 2 aliphatic heterocycles. The molecule has 0 aromatic heterocycles. The lowest BCUT2D eigenvalue weighted by atomic mass is 9.98. The lowest BCUT2D eigenvalue weighted by Crippen LogP contribution is -2.09. The first-order valence-electron chi connectivity index (χ1n) is 5.52. The van der Waals surface area contributed by atoms with Gasteiger partial charge in [0.1, 0.15) is 12.4 Å². The molecule has 2 unspecified atom stereocenters. The molecular weight excluding hydrogens is 236 g/mol. The predicted octanol–water partition coefficient (Wildman–Crippen LogP) is 1.79. The molecule has 0 aliphatic carbocycles. The van der Waals surface area contributed by atoms with Crippen LogP contribution in [0.5, 0.6) is 0 Å². The van der Waals surface area contributed by atoms with Gasteiger partial charge in [0, 0.05) is 11.1 Å². The summed E-state index contributed by atoms with van der Waals surface area (Å²) in [5.41, 5.74) is 2.01. The number of hydrogen-bond donors (Lipinski definition) is 0. The average molecular weight is 246 g/mol. The zero-order valence-electron chi connectivity index (χ0n) is 9.58. The Hall–Kier alpha value is -2.30. The highest BCUT2D eigenvalue weighted by Gasteiger charge is 2.33. The molecule has 0 radical (unpaired) electrons. The van der Waals surface area contributed by atoms with Crippen molar-refractivity contribution in [2.75, 3.05) is 0 Å². The summed E-state index contributed by atoms with van der Waals surface area (Å²) in [6.07, 6.45) is 0.703. The molecule has 0 saturated heterocycles. The van der Waals surface area contributed by atoms with Crippen molar-refractivity contribution in [1.82, 2.24) is 0 Å². The van der Waals surface area contributed by atoms with Gasteiger partial charge >= 0.3 is 5.97 Å². The summed E-state index contributed by atoms with van der Waals surface area (Å²) in [5.74, 6) is 0.0971. The number of aldehydes is 1. The summed E-state index contributed by atoms with van der Waals surface area (Å²) in [7, 11) is 0. The SMILES string of the molecule is CC1OC(=O)c2cccc(C3=COC(C=O)O3)c21. The number of carbonyl (C=O) groups excluding carboxylic acids is 2. The molecule has 2 atom stereocenters. The number of hydrogen-bond acceptors (Lipinski definition) is 5. The molecule has 2 aliphatic rings. The lowest BCUT2D eigenvalue weighted by Gasteiger charge is -2.10.